The van der Waals surface area contributed by atoms with Gasteiger partial charge in [0.05, 0.1) is 0 Å². The van der Waals surface area contributed by atoms with Crippen molar-refractivity contribution in [2.45, 2.75) is 26.2 Å². The van der Waals surface area contributed by atoms with E-state index in [0.717, 1.165) is 18.2 Å². The maximum atomic E-state index is 12.5. The molecule has 0 saturated heterocycles. The lowest BCUT2D eigenvalue weighted by molar-refractivity contribution is -0.116. The van der Waals surface area contributed by atoms with Crippen molar-refractivity contribution in [2.24, 2.45) is 0 Å². The van der Waals surface area contributed by atoms with Crippen LogP contribution >= 0.6 is 0 Å². The Kier molecular flexibility index (Phi) is 4.04. The molecule has 1 aromatic carbocycles. The van der Waals surface area contributed by atoms with Gasteiger partial charge >= 0.3 is 0 Å². The van der Waals surface area contributed by atoms with Gasteiger partial charge in [0.25, 0.3) is 12.9 Å². The molecule has 0 spiro atoms. The molecule has 0 aromatic heterocycles. The first kappa shape index (κ1) is 12.7. The summed E-state index contributed by atoms with van der Waals surface area (Å²) in [4.78, 5) is 10.8. The SMILES string of the molecule is CC(=O)Cc1cc(C(F)F)ccc1C(F)F. The van der Waals surface area contributed by atoms with Gasteiger partial charge in [-0.2, -0.15) is 0 Å². The number of carbonyl (C=O) groups excluding carboxylic acids is 1. The van der Waals surface area contributed by atoms with E-state index < -0.39 is 12.9 Å². The highest BCUT2D eigenvalue weighted by atomic mass is 19.3. The smallest absolute Gasteiger partial charge is 0.264 e. The minimum absolute atomic E-state index is 0.0275. The molecule has 0 fully saturated rings. The number of hydrogen-bond donors (Lipinski definition) is 0. The van der Waals surface area contributed by atoms with Crippen LogP contribution in [-0.2, 0) is 11.2 Å². The Morgan fingerprint density at radius 1 is 1.19 bits per heavy atom. The molecular formula is C11H10F4O. The topological polar surface area (TPSA) is 17.1 Å². The van der Waals surface area contributed by atoms with E-state index in [2.05, 4.69) is 0 Å². The Bertz CT molecular complexity index is 388. The lowest BCUT2D eigenvalue weighted by Gasteiger charge is -2.09. The molecule has 0 N–H and O–H groups in total. The summed E-state index contributed by atoms with van der Waals surface area (Å²) in [5.41, 5.74) is -0.736. The van der Waals surface area contributed by atoms with E-state index in [1.165, 1.54) is 6.92 Å². The largest absolute Gasteiger partial charge is 0.300 e. The Morgan fingerprint density at radius 2 is 1.81 bits per heavy atom. The maximum absolute atomic E-state index is 12.5. The van der Waals surface area contributed by atoms with E-state index in [0.29, 0.717) is 0 Å². The number of ketones is 1. The van der Waals surface area contributed by atoms with Crippen LogP contribution in [0.5, 0.6) is 0 Å². The molecule has 0 heterocycles. The van der Waals surface area contributed by atoms with Gasteiger partial charge in [-0.1, -0.05) is 12.1 Å². The Labute approximate surface area is 90.1 Å². The minimum atomic E-state index is -2.76. The zero-order chi connectivity index (χ0) is 12.3. The molecule has 0 radical (unpaired) electrons. The number of rotatable bonds is 4. The first-order chi connectivity index (χ1) is 7.41. The van der Waals surface area contributed by atoms with Gasteiger partial charge in [-0.3, -0.25) is 4.79 Å². The second-order valence-corrected chi connectivity index (χ2v) is 3.44. The van der Waals surface area contributed by atoms with Gasteiger partial charge in [-0.15, -0.1) is 0 Å². The van der Waals surface area contributed by atoms with Crippen LogP contribution in [-0.4, -0.2) is 5.78 Å². The van der Waals surface area contributed by atoms with E-state index in [1.54, 1.807) is 0 Å². The first-order valence-electron chi connectivity index (χ1n) is 4.60. The van der Waals surface area contributed by atoms with Crippen molar-refractivity contribution in [3.8, 4) is 0 Å². The normalized spacial score (nSPS) is 11.2. The quantitative estimate of drug-likeness (QED) is 0.726. The summed E-state index contributed by atoms with van der Waals surface area (Å²) in [6.07, 6.45) is -5.74. The van der Waals surface area contributed by atoms with Crippen LogP contribution in [0.25, 0.3) is 0 Å². The number of carbonyl (C=O) groups is 1. The summed E-state index contributed by atoms with van der Waals surface area (Å²) in [6.45, 7) is 1.23. The standard InChI is InChI=1S/C11H10F4O/c1-6(16)4-8-5-7(10(12)13)2-3-9(8)11(14)15/h2-3,5,10-11H,4H2,1H3. The average molecular weight is 234 g/mol. The highest BCUT2D eigenvalue weighted by Crippen LogP contribution is 2.28. The fraction of sp³-hybridized carbons (Fsp3) is 0.364. The van der Waals surface area contributed by atoms with Crippen molar-refractivity contribution in [3.05, 3.63) is 34.9 Å². The third-order valence-corrected chi connectivity index (χ3v) is 2.09. The van der Waals surface area contributed by atoms with Crippen LogP contribution in [0.2, 0.25) is 0 Å². The summed E-state index contributed by atoms with van der Waals surface area (Å²) < 4.78 is 49.7. The van der Waals surface area contributed by atoms with Crippen LogP contribution < -0.4 is 0 Å². The van der Waals surface area contributed by atoms with E-state index in [9.17, 15) is 22.4 Å². The van der Waals surface area contributed by atoms with Gasteiger partial charge in [0.1, 0.15) is 5.78 Å². The Hall–Kier alpha value is -1.39. The van der Waals surface area contributed by atoms with E-state index in [4.69, 9.17) is 0 Å². The second-order valence-electron chi connectivity index (χ2n) is 3.44. The lowest BCUT2D eigenvalue weighted by atomic mass is 10.00. The van der Waals surface area contributed by atoms with Crippen LogP contribution in [0.4, 0.5) is 17.6 Å². The predicted molar refractivity (Wildman–Crippen MR) is 50.7 cm³/mol. The number of alkyl halides is 4. The number of hydrogen-bond acceptors (Lipinski definition) is 1. The summed E-state index contributed by atoms with van der Waals surface area (Å²) in [7, 11) is 0. The van der Waals surface area contributed by atoms with Crippen molar-refractivity contribution in [3.63, 3.8) is 0 Å². The molecular weight excluding hydrogens is 224 g/mol. The van der Waals surface area contributed by atoms with Crippen LogP contribution in [0, 0.1) is 0 Å². The fourth-order valence-electron chi connectivity index (χ4n) is 1.40. The number of halogens is 4. The third kappa shape index (κ3) is 3.05. The second kappa shape index (κ2) is 5.09. The van der Waals surface area contributed by atoms with Gasteiger partial charge in [0.15, 0.2) is 0 Å². The van der Waals surface area contributed by atoms with Crippen molar-refractivity contribution < 1.29 is 22.4 Å². The van der Waals surface area contributed by atoms with E-state index >= 15 is 0 Å². The molecule has 1 nitrogen and oxygen atoms in total. The summed E-state index contributed by atoms with van der Waals surface area (Å²) in [6, 6.07) is 2.87. The maximum Gasteiger partial charge on any atom is 0.264 e. The molecule has 0 aliphatic carbocycles. The molecule has 0 bridgehead atoms. The van der Waals surface area contributed by atoms with Gasteiger partial charge in [0, 0.05) is 17.5 Å². The molecule has 0 atom stereocenters. The molecule has 0 aliphatic heterocycles. The highest BCUT2D eigenvalue weighted by Gasteiger charge is 2.17. The van der Waals surface area contributed by atoms with Gasteiger partial charge in [0.2, 0.25) is 0 Å². The van der Waals surface area contributed by atoms with Crippen LogP contribution in [0.3, 0.4) is 0 Å². The molecule has 0 amide bonds. The Balaban J connectivity index is 3.15. The molecule has 0 aliphatic rings. The van der Waals surface area contributed by atoms with Crippen LogP contribution in [0.15, 0.2) is 18.2 Å². The van der Waals surface area contributed by atoms with Crippen molar-refractivity contribution >= 4 is 5.78 Å². The molecule has 1 aromatic rings. The molecule has 1 rings (SSSR count). The third-order valence-electron chi connectivity index (χ3n) is 2.09. The molecule has 0 unspecified atom stereocenters. The minimum Gasteiger partial charge on any atom is -0.300 e. The van der Waals surface area contributed by atoms with Gasteiger partial charge < -0.3 is 0 Å². The average Bonchev–Trinajstić information content (AvgIpc) is 2.15. The van der Waals surface area contributed by atoms with E-state index in [-0.39, 0.29) is 28.9 Å². The zero-order valence-electron chi connectivity index (χ0n) is 8.51. The lowest BCUT2D eigenvalue weighted by Crippen LogP contribution is -2.03. The molecule has 5 heteroatoms. The monoisotopic (exact) mass is 234 g/mol. The molecule has 0 saturated carbocycles. The summed E-state index contributed by atoms with van der Waals surface area (Å²) in [5, 5.41) is 0. The van der Waals surface area contributed by atoms with E-state index in [1.807, 2.05) is 0 Å². The van der Waals surface area contributed by atoms with Crippen molar-refractivity contribution in [2.75, 3.05) is 0 Å². The summed E-state index contributed by atoms with van der Waals surface area (Å²) >= 11 is 0. The summed E-state index contributed by atoms with van der Waals surface area (Å²) in [5.74, 6) is -0.340. The molecule has 16 heavy (non-hydrogen) atoms. The van der Waals surface area contributed by atoms with Gasteiger partial charge in [-0.25, -0.2) is 17.6 Å². The fourth-order valence-corrected chi connectivity index (χ4v) is 1.40. The number of benzene rings is 1. The Morgan fingerprint density at radius 3 is 2.25 bits per heavy atom. The van der Waals surface area contributed by atoms with Crippen molar-refractivity contribution in [1.29, 1.82) is 0 Å². The van der Waals surface area contributed by atoms with Crippen molar-refractivity contribution in [1.82, 2.24) is 0 Å². The predicted octanol–water partition coefficient (Wildman–Crippen LogP) is 3.69. The van der Waals surface area contributed by atoms with Gasteiger partial charge in [-0.05, 0) is 18.6 Å². The zero-order valence-corrected chi connectivity index (χ0v) is 8.51. The first-order valence-corrected chi connectivity index (χ1v) is 4.60. The number of Topliss-reactive ketones (excluding diaryl/α,β-unsaturated/α-hetero) is 1. The highest BCUT2D eigenvalue weighted by molar-refractivity contribution is 5.78. The molecule has 88 valence electrons. The van der Waals surface area contributed by atoms with Crippen LogP contribution in [0.1, 0.15) is 36.5 Å².